The SMILES string of the molecule is CCN(CC(=O)O)C1CC(NC(C)=O)C1. The van der Waals surface area contributed by atoms with Gasteiger partial charge in [0.1, 0.15) is 0 Å². The molecule has 0 aromatic rings. The van der Waals surface area contributed by atoms with Crippen molar-refractivity contribution in [1.82, 2.24) is 10.2 Å². The van der Waals surface area contributed by atoms with E-state index < -0.39 is 5.97 Å². The molecule has 0 atom stereocenters. The van der Waals surface area contributed by atoms with Gasteiger partial charge in [-0.1, -0.05) is 6.92 Å². The normalized spacial score (nSPS) is 24.7. The lowest BCUT2D eigenvalue weighted by atomic mass is 9.85. The molecule has 1 saturated carbocycles. The summed E-state index contributed by atoms with van der Waals surface area (Å²) in [6, 6.07) is 0.540. The summed E-state index contributed by atoms with van der Waals surface area (Å²) in [5.74, 6) is -0.806. The molecule has 15 heavy (non-hydrogen) atoms. The number of amides is 1. The molecule has 0 radical (unpaired) electrons. The lowest BCUT2D eigenvalue weighted by Gasteiger charge is -2.42. The third kappa shape index (κ3) is 3.51. The molecule has 0 aromatic heterocycles. The highest BCUT2D eigenvalue weighted by atomic mass is 16.4. The Morgan fingerprint density at radius 1 is 1.47 bits per heavy atom. The fourth-order valence-electron chi connectivity index (χ4n) is 1.96. The van der Waals surface area contributed by atoms with Gasteiger partial charge in [-0.2, -0.15) is 0 Å². The molecular weight excluding hydrogens is 196 g/mol. The van der Waals surface area contributed by atoms with Crippen molar-refractivity contribution in [3.05, 3.63) is 0 Å². The molecule has 0 saturated heterocycles. The van der Waals surface area contributed by atoms with Crippen molar-refractivity contribution in [3.63, 3.8) is 0 Å². The van der Waals surface area contributed by atoms with E-state index in [2.05, 4.69) is 5.32 Å². The number of hydrogen-bond donors (Lipinski definition) is 2. The molecule has 0 aliphatic heterocycles. The molecule has 1 aliphatic carbocycles. The monoisotopic (exact) mass is 214 g/mol. The summed E-state index contributed by atoms with van der Waals surface area (Å²) < 4.78 is 0. The Kier molecular flexibility index (Phi) is 4.08. The number of carbonyl (C=O) groups excluding carboxylic acids is 1. The highest BCUT2D eigenvalue weighted by Crippen LogP contribution is 2.25. The molecule has 86 valence electrons. The highest BCUT2D eigenvalue weighted by Gasteiger charge is 2.33. The van der Waals surface area contributed by atoms with E-state index in [0.717, 1.165) is 19.4 Å². The van der Waals surface area contributed by atoms with Crippen LogP contribution >= 0.6 is 0 Å². The highest BCUT2D eigenvalue weighted by molar-refractivity contribution is 5.73. The second-order valence-electron chi connectivity index (χ2n) is 3.98. The number of carbonyl (C=O) groups is 2. The van der Waals surface area contributed by atoms with Crippen molar-refractivity contribution in [2.24, 2.45) is 0 Å². The quantitative estimate of drug-likeness (QED) is 0.679. The van der Waals surface area contributed by atoms with Gasteiger partial charge in [0.2, 0.25) is 5.91 Å². The van der Waals surface area contributed by atoms with E-state index in [9.17, 15) is 9.59 Å². The van der Waals surface area contributed by atoms with Crippen LogP contribution < -0.4 is 5.32 Å². The van der Waals surface area contributed by atoms with Crippen LogP contribution in [0.5, 0.6) is 0 Å². The molecule has 0 spiro atoms. The predicted molar refractivity (Wildman–Crippen MR) is 55.5 cm³/mol. The van der Waals surface area contributed by atoms with Gasteiger partial charge in [-0.05, 0) is 19.4 Å². The third-order valence-corrected chi connectivity index (χ3v) is 2.78. The number of hydrogen-bond acceptors (Lipinski definition) is 3. The molecule has 0 aromatic carbocycles. The van der Waals surface area contributed by atoms with Crippen LogP contribution in [0.2, 0.25) is 0 Å². The summed E-state index contributed by atoms with van der Waals surface area (Å²) in [6.45, 7) is 4.29. The predicted octanol–water partition coefficient (Wildman–Crippen LogP) is 0.0600. The van der Waals surface area contributed by atoms with Crippen molar-refractivity contribution < 1.29 is 14.7 Å². The largest absolute Gasteiger partial charge is 0.480 e. The topological polar surface area (TPSA) is 69.6 Å². The van der Waals surface area contributed by atoms with Crippen LogP contribution in [0.4, 0.5) is 0 Å². The molecule has 0 bridgehead atoms. The van der Waals surface area contributed by atoms with Crippen LogP contribution in [0.3, 0.4) is 0 Å². The minimum absolute atomic E-state index is 0.0141. The van der Waals surface area contributed by atoms with Gasteiger partial charge in [0.25, 0.3) is 0 Å². The smallest absolute Gasteiger partial charge is 0.317 e. The van der Waals surface area contributed by atoms with E-state index in [4.69, 9.17) is 5.11 Å². The molecule has 5 heteroatoms. The van der Waals surface area contributed by atoms with Gasteiger partial charge in [-0.3, -0.25) is 14.5 Å². The van der Waals surface area contributed by atoms with Crippen LogP contribution in [-0.4, -0.2) is 47.1 Å². The Labute approximate surface area is 89.4 Å². The molecule has 5 nitrogen and oxygen atoms in total. The fourth-order valence-corrected chi connectivity index (χ4v) is 1.96. The van der Waals surface area contributed by atoms with Gasteiger partial charge >= 0.3 is 5.97 Å². The molecule has 1 aliphatic rings. The third-order valence-electron chi connectivity index (χ3n) is 2.78. The lowest BCUT2D eigenvalue weighted by molar-refractivity contribution is -0.139. The zero-order chi connectivity index (χ0) is 11.4. The van der Waals surface area contributed by atoms with E-state index in [1.54, 1.807) is 0 Å². The molecule has 2 N–H and O–H groups in total. The molecule has 0 heterocycles. The average molecular weight is 214 g/mol. The van der Waals surface area contributed by atoms with Crippen molar-refractivity contribution in [3.8, 4) is 0 Å². The number of carboxylic acids is 1. The summed E-state index contributed by atoms with van der Waals surface area (Å²) in [7, 11) is 0. The fraction of sp³-hybridized carbons (Fsp3) is 0.800. The number of nitrogens with one attached hydrogen (secondary N) is 1. The maximum atomic E-state index is 10.8. The molecule has 1 rings (SSSR count). The first-order valence-electron chi connectivity index (χ1n) is 5.25. The first-order chi connectivity index (χ1) is 7.02. The number of rotatable bonds is 5. The van der Waals surface area contributed by atoms with Gasteiger partial charge in [0, 0.05) is 19.0 Å². The lowest BCUT2D eigenvalue weighted by Crippen LogP contribution is -2.54. The van der Waals surface area contributed by atoms with Crippen molar-refractivity contribution >= 4 is 11.9 Å². The molecular formula is C10H18N2O3. The van der Waals surface area contributed by atoms with Gasteiger partial charge in [-0.25, -0.2) is 0 Å². The Balaban J connectivity index is 2.29. The number of carboxylic acid groups (broad SMARTS) is 1. The summed E-state index contributed by atoms with van der Waals surface area (Å²) in [4.78, 5) is 23.2. The Bertz CT molecular complexity index is 249. The molecule has 0 unspecified atom stereocenters. The second kappa shape index (κ2) is 5.11. The van der Waals surface area contributed by atoms with E-state index >= 15 is 0 Å². The van der Waals surface area contributed by atoms with Gasteiger partial charge in [0.05, 0.1) is 6.54 Å². The zero-order valence-electron chi connectivity index (χ0n) is 9.19. The van der Waals surface area contributed by atoms with Gasteiger partial charge in [0.15, 0.2) is 0 Å². The van der Waals surface area contributed by atoms with Gasteiger partial charge in [-0.15, -0.1) is 0 Å². The second-order valence-corrected chi connectivity index (χ2v) is 3.98. The van der Waals surface area contributed by atoms with E-state index in [0.29, 0.717) is 6.04 Å². The molecule has 1 amide bonds. The Morgan fingerprint density at radius 3 is 2.47 bits per heavy atom. The maximum Gasteiger partial charge on any atom is 0.317 e. The molecule has 1 fully saturated rings. The van der Waals surface area contributed by atoms with Crippen LogP contribution in [0, 0.1) is 0 Å². The van der Waals surface area contributed by atoms with Crippen molar-refractivity contribution in [1.29, 1.82) is 0 Å². The summed E-state index contributed by atoms with van der Waals surface area (Å²) in [5, 5.41) is 11.5. The minimum Gasteiger partial charge on any atom is -0.480 e. The average Bonchev–Trinajstić information content (AvgIpc) is 2.06. The van der Waals surface area contributed by atoms with E-state index in [-0.39, 0.29) is 18.5 Å². The van der Waals surface area contributed by atoms with Gasteiger partial charge < -0.3 is 10.4 Å². The van der Waals surface area contributed by atoms with Crippen LogP contribution in [0.25, 0.3) is 0 Å². The number of aliphatic carboxylic acids is 1. The summed E-state index contributed by atoms with van der Waals surface area (Å²) in [5.41, 5.74) is 0. The standard InChI is InChI=1S/C10H18N2O3/c1-3-12(6-10(14)15)9-4-8(5-9)11-7(2)13/h8-9H,3-6H2,1-2H3,(H,11,13)(H,14,15). The summed E-state index contributed by atoms with van der Waals surface area (Å²) in [6.07, 6.45) is 1.72. The Morgan fingerprint density at radius 2 is 2.07 bits per heavy atom. The van der Waals surface area contributed by atoms with Crippen molar-refractivity contribution in [2.45, 2.75) is 38.8 Å². The van der Waals surface area contributed by atoms with Crippen LogP contribution in [-0.2, 0) is 9.59 Å². The van der Waals surface area contributed by atoms with E-state index in [1.165, 1.54) is 6.92 Å². The van der Waals surface area contributed by atoms with E-state index in [1.807, 2.05) is 11.8 Å². The van der Waals surface area contributed by atoms with Crippen molar-refractivity contribution in [2.75, 3.05) is 13.1 Å². The van der Waals surface area contributed by atoms with Crippen LogP contribution in [0.1, 0.15) is 26.7 Å². The zero-order valence-corrected chi connectivity index (χ0v) is 9.19. The van der Waals surface area contributed by atoms with Crippen LogP contribution in [0.15, 0.2) is 0 Å². The number of nitrogens with zero attached hydrogens (tertiary/aromatic N) is 1. The summed E-state index contributed by atoms with van der Waals surface area (Å²) >= 11 is 0. The Hall–Kier alpha value is -1.10. The number of likely N-dealkylation sites (N-methyl/N-ethyl adjacent to an activating group) is 1. The first kappa shape index (κ1) is 12.0. The maximum absolute atomic E-state index is 10.8. The first-order valence-corrected chi connectivity index (χ1v) is 5.25. The minimum atomic E-state index is -0.792.